The van der Waals surface area contributed by atoms with E-state index in [1.54, 1.807) is 0 Å². The van der Waals surface area contributed by atoms with Gasteiger partial charge in [0, 0.05) is 9.50 Å². The third-order valence-corrected chi connectivity index (χ3v) is 2.95. The molecule has 0 radical (unpaired) electrons. The van der Waals surface area contributed by atoms with Crippen LogP contribution in [0.4, 0.5) is 0 Å². The molecule has 0 amide bonds. The van der Waals surface area contributed by atoms with Crippen LogP contribution in [-0.2, 0) is 0 Å². The Morgan fingerprint density at radius 3 is 2.47 bits per heavy atom. The molecule has 1 nitrogen and oxygen atoms in total. The number of aliphatic hydroxyl groups excluding tert-OH is 1. The van der Waals surface area contributed by atoms with Crippen molar-refractivity contribution in [3.63, 3.8) is 0 Å². The highest BCUT2D eigenvalue weighted by Crippen LogP contribution is 2.33. The van der Waals surface area contributed by atoms with Crippen molar-refractivity contribution in [2.75, 3.05) is 0 Å². The Bertz CT molecular complexity index is 344. The lowest BCUT2D eigenvalue weighted by molar-refractivity contribution is 0.122. The van der Waals surface area contributed by atoms with Crippen molar-refractivity contribution in [1.29, 1.82) is 0 Å². The largest absolute Gasteiger partial charge is 0.388 e. The first kappa shape index (κ1) is 13.0. The van der Waals surface area contributed by atoms with Crippen molar-refractivity contribution >= 4 is 27.5 Å². The lowest BCUT2D eigenvalue weighted by atomic mass is 9.87. The van der Waals surface area contributed by atoms with Crippen LogP contribution in [0.5, 0.6) is 0 Å². The predicted molar refractivity (Wildman–Crippen MR) is 68.2 cm³/mol. The second-order valence-electron chi connectivity index (χ2n) is 4.95. The quantitative estimate of drug-likeness (QED) is 0.846. The van der Waals surface area contributed by atoms with E-state index in [0.717, 1.165) is 10.0 Å². The van der Waals surface area contributed by atoms with Gasteiger partial charge in [-0.1, -0.05) is 54.4 Å². The molecule has 0 aromatic heterocycles. The molecule has 84 valence electrons. The second-order valence-corrected chi connectivity index (χ2v) is 6.27. The molecule has 0 aliphatic carbocycles. The first-order chi connectivity index (χ1) is 6.79. The Labute approximate surface area is 105 Å². The van der Waals surface area contributed by atoms with Gasteiger partial charge in [-0.25, -0.2) is 0 Å². The molecule has 1 unspecified atom stereocenters. The van der Waals surface area contributed by atoms with Crippen LogP contribution < -0.4 is 0 Å². The summed E-state index contributed by atoms with van der Waals surface area (Å²) in [5.74, 6) is 0. The molecule has 15 heavy (non-hydrogen) atoms. The molecular formula is C12H16BrClO. The monoisotopic (exact) mass is 290 g/mol. The number of rotatable bonds is 2. The predicted octanol–water partition coefficient (Wildman–Crippen LogP) is 4.57. The van der Waals surface area contributed by atoms with Gasteiger partial charge in [-0.15, -0.1) is 0 Å². The SMILES string of the molecule is CC(C)(C)CC(O)c1ccc(Br)cc1Cl. The highest BCUT2D eigenvalue weighted by atomic mass is 79.9. The second kappa shape index (κ2) is 4.86. The van der Waals surface area contributed by atoms with Gasteiger partial charge in [0.05, 0.1) is 6.10 Å². The van der Waals surface area contributed by atoms with Gasteiger partial charge in [-0.2, -0.15) is 0 Å². The molecule has 1 N–H and O–H groups in total. The van der Waals surface area contributed by atoms with E-state index in [2.05, 4.69) is 36.7 Å². The Balaban J connectivity index is 2.87. The first-order valence-electron chi connectivity index (χ1n) is 4.92. The van der Waals surface area contributed by atoms with Gasteiger partial charge in [0.15, 0.2) is 0 Å². The van der Waals surface area contributed by atoms with E-state index >= 15 is 0 Å². The van der Waals surface area contributed by atoms with E-state index in [1.165, 1.54) is 0 Å². The van der Waals surface area contributed by atoms with Crippen molar-refractivity contribution in [1.82, 2.24) is 0 Å². The molecule has 1 atom stereocenters. The minimum Gasteiger partial charge on any atom is -0.388 e. The van der Waals surface area contributed by atoms with E-state index in [4.69, 9.17) is 11.6 Å². The molecule has 1 aromatic rings. The van der Waals surface area contributed by atoms with Crippen LogP contribution in [-0.4, -0.2) is 5.11 Å². The summed E-state index contributed by atoms with van der Waals surface area (Å²) in [5.41, 5.74) is 0.894. The lowest BCUT2D eigenvalue weighted by Crippen LogP contribution is -2.11. The summed E-state index contributed by atoms with van der Waals surface area (Å²) in [6.07, 6.45) is 0.208. The normalized spacial score (nSPS) is 14.0. The summed E-state index contributed by atoms with van der Waals surface area (Å²) < 4.78 is 0.930. The first-order valence-corrected chi connectivity index (χ1v) is 6.10. The van der Waals surface area contributed by atoms with Crippen LogP contribution in [0.15, 0.2) is 22.7 Å². The number of aliphatic hydroxyl groups is 1. The Kier molecular flexibility index (Phi) is 4.21. The minimum absolute atomic E-state index is 0.0931. The van der Waals surface area contributed by atoms with Crippen molar-refractivity contribution in [2.24, 2.45) is 5.41 Å². The molecular weight excluding hydrogens is 275 g/mol. The number of halogens is 2. The van der Waals surface area contributed by atoms with Crippen LogP contribution >= 0.6 is 27.5 Å². The topological polar surface area (TPSA) is 20.2 Å². The van der Waals surface area contributed by atoms with Crippen LogP contribution in [0.1, 0.15) is 38.9 Å². The van der Waals surface area contributed by atoms with Gasteiger partial charge >= 0.3 is 0 Å². The van der Waals surface area contributed by atoms with Gasteiger partial charge in [0.25, 0.3) is 0 Å². The molecule has 0 fully saturated rings. The fourth-order valence-electron chi connectivity index (χ4n) is 1.46. The Hall–Kier alpha value is -0.0500. The van der Waals surface area contributed by atoms with Crippen LogP contribution in [0.25, 0.3) is 0 Å². The average Bonchev–Trinajstić information content (AvgIpc) is 1.99. The number of hydrogen-bond donors (Lipinski definition) is 1. The van der Waals surface area contributed by atoms with Crippen molar-refractivity contribution in [3.05, 3.63) is 33.3 Å². The highest BCUT2D eigenvalue weighted by Gasteiger charge is 2.19. The van der Waals surface area contributed by atoms with Crippen molar-refractivity contribution < 1.29 is 5.11 Å². The summed E-state index contributed by atoms with van der Waals surface area (Å²) in [6, 6.07) is 5.57. The van der Waals surface area contributed by atoms with Crippen molar-refractivity contribution in [3.8, 4) is 0 Å². The number of hydrogen-bond acceptors (Lipinski definition) is 1. The van der Waals surface area contributed by atoms with Crippen LogP contribution in [0.3, 0.4) is 0 Å². The van der Waals surface area contributed by atoms with E-state index in [0.29, 0.717) is 11.4 Å². The molecule has 0 bridgehead atoms. The third-order valence-electron chi connectivity index (χ3n) is 2.13. The summed E-state index contributed by atoms with van der Waals surface area (Å²) in [5, 5.41) is 10.6. The van der Waals surface area contributed by atoms with E-state index in [9.17, 15) is 5.11 Å². The molecule has 0 heterocycles. The van der Waals surface area contributed by atoms with Gasteiger partial charge in [-0.3, -0.25) is 0 Å². The zero-order valence-electron chi connectivity index (χ0n) is 9.22. The fourth-order valence-corrected chi connectivity index (χ4v) is 2.26. The van der Waals surface area contributed by atoms with Crippen LogP contribution in [0.2, 0.25) is 5.02 Å². The maximum absolute atomic E-state index is 10.0. The third kappa shape index (κ3) is 4.13. The standard InChI is InChI=1S/C12H16BrClO/c1-12(2,3)7-11(15)9-5-4-8(13)6-10(9)14/h4-6,11,15H,7H2,1-3H3. The minimum atomic E-state index is -0.495. The molecule has 0 aliphatic rings. The lowest BCUT2D eigenvalue weighted by Gasteiger charge is -2.23. The average molecular weight is 292 g/mol. The van der Waals surface area contributed by atoms with Gasteiger partial charge in [-0.05, 0) is 29.5 Å². The van der Waals surface area contributed by atoms with E-state index in [1.807, 2.05) is 18.2 Å². The highest BCUT2D eigenvalue weighted by molar-refractivity contribution is 9.10. The molecule has 1 aromatic carbocycles. The van der Waals surface area contributed by atoms with E-state index in [-0.39, 0.29) is 5.41 Å². The maximum atomic E-state index is 10.0. The molecule has 0 aliphatic heterocycles. The molecule has 0 saturated carbocycles. The van der Waals surface area contributed by atoms with Gasteiger partial charge in [0.2, 0.25) is 0 Å². The van der Waals surface area contributed by atoms with Crippen LogP contribution in [0, 0.1) is 5.41 Å². The summed E-state index contributed by atoms with van der Waals surface area (Å²) >= 11 is 9.40. The van der Waals surface area contributed by atoms with Crippen molar-refractivity contribution in [2.45, 2.75) is 33.3 Å². The summed E-state index contributed by atoms with van der Waals surface area (Å²) in [4.78, 5) is 0. The zero-order chi connectivity index (χ0) is 11.6. The summed E-state index contributed by atoms with van der Waals surface area (Å²) in [6.45, 7) is 6.30. The summed E-state index contributed by atoms with van der Waals surface area (Å²) in [7, 11) is 0. The Morgan fingerprint density at radius 1 is 1.40 bits per heavy atom. The smallest absolute Gasteiger partial charge is 0.0809 e. The van der Waals surface area contributed by atoms with Gasteiger partial charge in [0.1, 0.15) is 0 Å². The van der Waals surface area contributed by atoms with E-state index < -0.39 is 6.10 Å². The maximum Gasteiger partial charge on any atom is 0.0809 e. The molecule has 3 heteroatoms. The van der Waals surface area contributed by atoms with Gasteiger partial charge < -0.3 is 5.11 Å². The number of benzene rings is 1. The fraction of sp³-hybridized carbons (Fsp3) is 0.500. The zero-order valence-corrected chi connectivity index (χ0v) is 11.6. The molecule has 0 saturated heterocycles. The molecule has 1 rings (SSSR count). The molecule has 0 spiro atoms. The Morgan fingerprint density at radius 2 is 2.00 bits per heavy atom.